The molecule has 1 aromatic carbocycles. The molecule has 1 heterocycles. The number of alkyl carbamates (subject to hydrolysis) is 1. The Morgan fingerprint density at radius 3 is 2.58 bits per heavy atom. The largest absolute Gasteiger partial charge is 0.475 e. The fraction of sp³-hybridized carbons (Fsp3) is 0.679. The molecule has 1 aromatic rings. The van der Waals surface area contributed by atoms with E-state index in [1.165, 1.54) is 0 Å². The summed E-state index contributed by atoms with van der Waals surface area (Å²) >= 11 is 0. The van der Waals surface area contributed by atoms with Crippen LogP contribution in [0.5, 0.6) is 0 Å². The number of carbonyl (C=O) groups is 2. The maximum absolute atomic E-state index is 13.5. The minimum Gasteiger partial charge on any atom is -0.444 e. The molecule has 1 aliphatic rings. The first kappa shape index (κ1) is 31.6. The molecule has 38 heavy (non-hydrogen) atoms. The Hall–Kier alpha value is -2.61. The summed E-state index contributed by atoms with van der Waals surface area (Å²) in [5, 5.41) is 32.0. The molecule has 1 aliphatic heterocycles. The number of nitriles is 1. The zero-order valence-electron chi connectivity index (χ0n) is 23.6. The second-order valence-corrected chi connectivity index (χ2v) is 11.2. The molecule has 4 atom stereocenters. The number of amides is 2. The van der Waals surface area contributed by atoms with Crippen molar-refractivity contribution in [3.05, 3.63) is 35.9 Å². The van der Waals surface area contributed by atoms with Gasteiger partial charge in [-0.1, -0.05) is 44.2 Å². The second kappa shape index (κ2) is 15.1. The van der Waals surface area contributed by atoms with E-state index in [4.69, 9.17) is 4.74 Å². The van der Waals surface area contributed by atoms with Gasteiger partial charge in [-0.3, -0.25) is 4.79 Å². The molecule has 0 radical (unpaired) electrons. The lowest BCUT2D eigenvalue weighted by molar-refractivity contribution is -0.136. The fourth-order valence-corrected chi connectivity index (χ4v) is 5.16. The van der Waals surface area contributed by atoms with Crippen LogP contribution in [0, 0.1) is 23.2 Å². The molecule has 0 aliphatic carbocycles. The zero-order chi connectivity index (χ0) is 28.3. The summed E-state index contributed by atoms with van der Waals surface area (Å²) in [6, 6.07) is 11.5. The Bertz CT molecular complexity index is 924. The summed E-state index contributed by atoms with van der Waals surface area (Å²) < 4.78 is 5.63. The summed E-state index contributed by atoms with van der Waals surface area (Å²) in [5.41, 5.74) is 0.693. The van der Waals surface area contributed by atoms with E-state index < -0.39 is 31.2 Å². The van der Waals surface area contributed by atoms with Gasteiger partial charge in [0.05, 0.1) is 18.6 Å². The molecule has 10 heteroatoms. The molecule has 0 aromatic heterocycles. The van der Waals surface area contributed by atoms with E-state index in [-0.39, 0.29) is 30.3 Å². The van der Waals surface area contributed by atoms with Gasteiger partial charge in [-0.2, -0.15) is 5.26 Å². The van der Waals surface area contributed by atoms with Crippen LogP contribution in [0.25, 0.3) is 0 Å². The number of likely N-dealkylation sites (tertiary alicyclic amines) is 1. The van der Waals surface area contributed by atoms with Crippen molar-refractivity contribution < 1.29 is 24.4 Å². The summed E-state index contributed by atoms with van der Waals surface area (Å²) in [4.78, 5) is 30.1. The first-order valence-electron chi connectivity index (χ1n) is 13.7. The quantitative estimate of drug-likeness (QED) is 0.356. The molecule has 210 valence electrons. The molecular formula is C28H45BN4O5. The summed E-state index contributed by atoms with van der Waals surface area (Å²) in [7, 11) is 0.315. The number of benzene rings is 1. The van der Waals surface area contributed by atoms with Crippen LogP contribution in [0.4, 0.5) is 4.79 Å². The maximum Gasteiger partial charge on any atom is 0.475 e. The highest BCUT2D eigenvalue weighted by Crippen LogP contribution is 2.29. The van der Waals surface area contributed by atoms with Gasteiger partial charge in [0.1, 0.15) is 12.0 Å². The molecule has 2 amide bonds. The topological polar surface area (TPSA) is 126 Å². The minimum absolute atomic E-state index is 0.141. The zero-order valence-corrected chi connectivity index (χ0v) is 23.6. The Balaban J connectivity index is 2.01. The van der Waals surface area contributed by atoms with Gasteiger partial charge >= 0.3 is 13.2 Å². The number of hydrogen-bond donors (Lipinski definition) is 3. The highest BCUT2D eigenvalue weighted by Gasteiger charge is 2.36. The van der Waals surface area contributed by atoms with Crippen LogP contribution >= 0.6 is 0 Å². The lowest BCUT2D eigenvalue weighted by Crippen LogP contribution is -2.50. The third-order valence-electron chi connectivity index (χ3n) is 7.56. The van der Waals surface area contributed by atoms with E-state index in [0.29, 0.717) is 19.4 Å². The third kappa shape index (κ3) is 9.61. The number of nitrogens with zero attached hydrogens (tertiary/aromatic N) is 3. The summed E-state index contributed by atoms with van der Waals surface area (Å²) in [6.45, 7) is 10.0. The van der Waals surface area contributed by atoms with Crippen LogP contribution in [0.2, 0.25) is 0 Å². The van der Waals surface area contributed by atoms with Gasteiger partial charge in [-0.15, -0.1) is 0 Å². The number of hydrogen-bond acceptors (Lipinski definition) is 7. The Labute approximate surface area is 228 Å². The second-order valence-electron chi connectivity index (χ2n) is 11.2. The molecule has 3 N–H and O–H groups in total. The van der Waals surface area contributed by atoms with Gasteiger partial charge in [0.25, 0.3) is 0 Å². The van der Waals surface area contributed by atoms with E-state index in [1.54, 1.807) is 4.90 Å². The van der Waals surface area contributed by atoms with Crippen LogP contribution in [-0.4, -0.2) is 83.2 Å². The Kier molecular flexibility index (Phi) is 12.6. The standard InChI is InChI=1S/C28H45BN4O5/c1-6-15-32(5)28(3,4)18-21(2)24(19-30)26(34)33-16-11-10-14-23(20-33)38-27(35)31-25(29(36)37)17-22-12-8-7-9-13-22/h7-9,12-13,21,23-25,36-37H,6,10-11,14-18,20H2,1-5H3,(H,31,35)/t21-,23-,24?,25-/m0/s1. The van der Waals surface area contributed by atoms with Crippen molar-refractivity contribution in [2.45, 2.75) is 83.8 Å². The average Bonchev–Trinajstić information content (AvgIpc) is 3.10. The number of ether oxygens (including phenoxy) is 1. The number of rotatable bonds is 12. The van der Waals surface area contributed by atoms with E-state index in [2.05, 4.69) is 44.1 Å². The van der Waals surface area contributed by atoms with Crippen LogP contribution in [0.3, 0.4) is 0 Å². The third-order valence-corrected chi connectivity index (χ3v) is 7.56. The highest BCUT2D eigenvalue weighted by molar-refractivity contribution is 6.43. The van der Waals surface area contributed by atoms with Gasteiger partial charge in [0.15, 0.2) is 0 Å². The van der Waals surface area contributed by atoms with Crippen LogP contribution < -0.4 is 5.32 Å². The van der Waals surface area contributed by atoms with Crippen molar-refractivity contribution in [1.29, 1.82) is 5.26 Å². The first-order valence-corrected chi connectivity index (χ1v) is 13.7. The fourth-order valence-electron chi connectivity index (χ4n) is 5.16. The van der Waals surface area contributed by atoms with Crippen molar-refractivity contribution in [3.63, 3.8) is 0 Å². The van der Waals surface area contributed by atoms with E-state index in [1.807, 2.05) is 37.3 Å². The van der Waals surface area contributed by atoms with Crippen LogP contribution in [0.15, 0.2) is 30.3 Å². The van der Waals surface area contributed by atoms with Crippen molar-refractivity contribution in [2.24, 2.45) is 11.8 Å². The lowest BCUT2D eigenvalue weighted by atomic mass is 9.76. The molecule has 0 bridgehead atoms. The predicted molar refractivity (Wildman–Crippen MR) is 148 cm³/mol. The summed E-state index contributed by atoms with van der Waals surface area (Å²) in [5.74, 6) is -2.09. The molecule has 1 unspecified atom stereocenters. The Morgan fingerprint density at radius 2 is 1.97 bits per heavy atom. The van der Waals surface area contributed by atoms with Gasteiger partial charge in [-0.05, 0) is 77.4 Å². The smallest absolute Gasteiger partial charge is 0.444 e. The monoisotopic (exact) mass is 528 g/mol. The molecule has 9 nitrogen and oxygen atoms in total. The first-order chi connectivity index (χ1) is 18.0. The number of carbonyl (C=O) groups excluding carboxylic acids is 2. The lowest BCUT2D eigenvalue weighted by Gasteiger charge is -2.39. The van der Waals surface area contributed by atoms with E-state index in [0.717, 1.165) is 31.4 Å². The van der Waals surface area contributed by atoms with Gasteiger partial charge in [0.2, 0.25) is 5.91 Å². The van der Waals surface area contributed by atoms with Gasteiger partial charge in [-0.25, -0.2) is 4.79 Å². The molecule has 0 saturated carbocycles. The van der Waals surface area contributed by atoms with Gasteiger partial charge < -0.3 is 29.9 Å². The van der Waals surface area contributed by atoms with Crippen molar-refractivity contribution in [1.82, 2.24) is 15.1 Å². The maximum atomic E-state index is 13.5. The van der Waals surface area contributed by atoms with Crippen LogP contribution in [0.1, 0.15) is 65.4 Å². The average molecular weight is 529 g/mol. The summed E-state index contributed by atoms with van der Waals surface area (Å²) in [6.07, 6.45) is 2.78. The normalized spacial score (nSPS) is 18.6. The molecule has 0 spiro atoms. The molecule has 1 fully saturated rings. The molecule has 2 rings (SSSR count). The number of nitrogens with one attached hydrogen (secondary N) is 1. The van der Waals surface area contributed by atoms with Crippen molar-refractivity contribution in [3.8, 4) is 6.07 Å². The molecule has 1 saturated heterocycles. The van der Waals surface area contributed by atoms with Crippen LogP contribution in [-0.2, 0) is 16.0 Å². The minimum atomic E-state index is -1.76. The molecular weight excluding hydrogens is 483 g/mol. The highest BCUT2D eigenvalue weighted by atomic mass is 16.6. The van der Waals surface area contributed by atoms with E-state index >= 15 is 0 Å². The van der Waals surface area contributed by atoms with E-state index in [9.17, 15) is 24.9 Å². The SMILES string of the molecule is CCCN(C)C(C)(C)C[C@H](C)C(C#N)C(=O)N1CCCC[C@H](OC(=O)N[C@@H](Cc2ccccc2)B(O)O)C1. The van der Waals surface area contributed by atoms with Crippen molar-refractivity contribution >= 4 is 19.1 Å². The predicted octanol–water partition coefficient (Wildman–Crippen LogP) is 3.00. The van der Waals surface area contributed by atoms with Gasteiger partial charge in [0, 0.05) is 12.1 Å². The van der Waals surface area contributed by atoms with Crippen molar-refractivity contribution in [2.75, 3.05) is 26.7 Å². The Morgan fingerprint density at radius 1 is 1.29 bits per heavy atom.